The molecule has 1 aromatic rings. The van der Waals surface area contributed by atoms with Crippen LogP contribution in [0.1, 0.15) is 10.4 Å². The van der Waals surface area contributed by atoms with Gasteiger partial charge >= 0.3 is 12.6 Å². The largest absolute Gasteiger partial charge is 0.478 e. The van der Waals surface area contributed by atoms with Gasteiger partial charge in [-0.25, -0.2) is 9.78 Å². The highest BCUT2D eigenvalue weighted by Gasteiger charge is 2.12. The SMILES string of the molecule is O=C(O)c1cnc(OC(F)F)c(Br)c1. The van der Waals surface area contributed by atoms with E-state index < -0.39 is 12.6 Å². The molecule has 0 spiro atoms. The van der Waals surface area contributed by atoms with Gasteiger partial charge in [0.1, 0.15) is 0 Å². The quantitative estimate of drug-likeness (QED) is 0.912. The zero-order valence-corrected chi connectivity index (χ0v) is 8.16. The lowest BCUT2D eigenvalue weighted by atomic mass is 10.3. The third kappa shape index (κ3) is 2.63. The van der Waals surface area contributed by atoms with Crippen LogP contribution in [-0.4, -0.2) is 22.7 Å². The first-order chi connectivity index (χ1) is 6.50. The number of aromatic nitrogens is 1. The first-order valence-electron chi connectivity index (χ1n) is 3.34. The maximum absolute atomic E-state index is 11.8. The summed E-state index contributed by atoms with van der Waals surface area (Å²) in [6.07, 6.45) is 0.935. The summed E-state index contributed by atoms with van der Waals surface area (Å²) in [4.78, 5) is 13.8. The van der Waals surface area contributed by atoms with Gasteiger partial charge in [0.2, 0.25) is 5.88 Å². The molecule has 1 aromatic heterocycles. The number of carbonyl (C=O) groups is 1. The molecule has 0 aromatic carbocycles. The molecule has 0 radical (unpaired) electrons. The highest BCUT2D eigenvalue weighted by atomic mass is 79.9. The van der Waals surface area contributed by atoms with E-state index in [1.807, 2.05) is 0 Å². The average Bonchev–Trinajstić information content (AvgIpc) is 2.07. The molecular weight excluding hydrogens is 264 g/mol. The van der Waals surface area contributed by atoms with Crippen molar-refractivity contribution in [3.05, 3.63) is 22.3 Å². The third-order valence-corrected chi connectivity index (χ3v) is 1.82. The molecule has 0 saturated carbocycles. The van der Waals surface area contributed by atoms with Crippen molar-refractivity contribution in [3.63, 3.8) is 0 Å². The lowest BCUT2D eigenvalue weighted by molar-refractivity contribution is -0.0534. The van der Waals surface area contributed by atoms with Gasteiger partial charge in [-0.15, -0.1) is 0 Å². The van der Waals surface area contributed by atoms with E-state index in [2.05, 4.69) is 25.7 Å². The zero-order valence-electron chi connectivity index (χ0n) is 6.58. The minimum atomic E-state index is -2.99. The van der Waals surface area contributed by atoms with Gasteiger partial charge in [-0.05, 0) is 22.0 Å². The van der Waals surface area contributed by atoms with Crippen molar-refractivity contribution >= 4 is 21.9 Å². The Morgan fingerprint density at radius 1 is 1.64 bits per heavy atom. The van der Waals surface area contributed by atoms with Crippen molar-refractivity contribution in [1.29, 1.82) is 0 Å². The van der Waals surface area contributed by atoms with Gasteiger partial charge in [0.15, 0.2) is 0 Å². The second-order valence-electron chi connectivity index (χ2n) is 2.19. The van der Waals surface area contributed by atoms with Crippen molar-refractivity contribution in [2.24, 2.45) is 0 Å². The summed E-state index contributed by atoms with van der Waals surface area (Å²) in [6, 6.07) is 1.13. The fraction of sp³-hybridized carbons (Fsp3) is 0.143. The third-order valence-electron chi connectivity index (χ3n) is 1.26. The number of alkyl halides is 2. The van der Waals surface area contributed by atoms with Crippen LogP contribution in [0.15, 0.2) is 16.7 Å². The van der Waals surface area contributed by atoms with E-state index in [1.54, 1.807) is 0 Å². The number of pyridine rings is 1. The number of aromatic carboxylic acids is 1. The summed E-state index contributed by atoms with van der Waals surface area (Å²) < 4.78 is 27.6. The molecule has 0 atom stereocenters. The molecule has 0 aliphatic carbocycles. The van der Waals surface area contributed by atoms with Crippen LogP contribution < -0.4 is 4.74 Å². The molecule has 1 heterocycles. The molecule has 7 heteroatoms. The Labute approximate surface area is 85.6 Å². The molecular formula is C7H4BrF2NO3. The number of rotatable bonds is 3. The van der Waals surface area contributed by atoms with Crippen LogP contribution in [-0.2, 0) is 0 Å². The fourth-order valence-electron chi connectivity index (χ4n) is 0.713. The van der Waals surface area contributed by atoms with E-state index in [9.17, 15) is 13.6 Å². The Balaban J connectivity index is 2.95. The Hall–Kier alpha value is -1.24. The summed E-state index contributed by atoms with van der Waals surface area (Å²) in [5.41, 5.74) is -0.113. The van der Waals surface area contributed by atoms with Gasteiger partial charge in [-0.3, -0.25) is 0 Å². The number of hydrogen-bond acceptors (Lipinski definition) is 3. The molecule has 0 aliphatic rings. The number of nitrogens with zero attached hydrogens (tertiary/aromatic N) is 1. The Kier molecular flexibility index (Phi) is 3.34. The van der Waals surface area contributed by atoms with Gasteiger partial charge in [-0.2, -0.15) is 8.78 Å². The topological polar surface area (TPSA) is 59.4 Å². The van der Waals surface area contributed by atoms with E-state index in [-0.39, 0.29) is 15.9 Å². The van der Waals surface area contributed by atoms with Crippen molar-refractivity contribution in [2.45, 2.75) is 6.61 Å². The minimum Gasteiger partial charge on any atom is -0.478 e. The highest BCUT2D eigenvalue weighted by Crippen LogP contribution is 2.24. The summed E-state index contributed by atoms with van der Waals surface area (Å²) >= 11 is 2.86. The van der Waals surface area contributed by atoms with Crippen molar-refractivity contribution in [3.8, 4) is 5.88 Å². The standard InChI is InChI=1S/C7H4BrF2NO3/c8-4-1-3(6(12)13)2-11-5(4)14-7(9)10/h1-2,7H,(H,12,13). The number of halogens is 3. The number of ether oxygens (including phenoxy) is 1. The van der Waals surface area contributed by atoms with Gasteiger partial charge in [0.05, 0.1) is 10.0 Å². The van der Waals surface area contributed by atoms with Crippen LogP contribution in [0, 0.1) is 0 Å². The van der Waals surface area contributed by atoms with E-state index in [0.29, 0.717) is 0 Å². The molecule has 0 fully saturated rings. The van der Waals surface area contributed by atoms with Crippen LogP contribution in [0.4, 0.5) is 8.78 Å². The number of hydrogen-bond donors (Lipinski definition) is 1. The van der Waals surface area contributed by atoms with Crippen molar-refractivity contribution in [2.75, 3.05) is 0 Å². The van der Waals surface area contributed by atoms with Crippen LogP contribution in [0.25, 0.3) is 0 Å². The Bertz CT molecular complexity index is 359. The zero-order chi connectivity index (χ0) is 10.7. The van der Waals surface area contributed by atoms with Gasteiger partial charge < -0.3 is 9.84 Å². The minimum absolute atomic E-state index is 0.0673. The smallest absolute Gasteiger partial charge is 0.388 e. The van der Waals surface area contributed by atoms with Crippen molar-refractivity contribution < 1.29 is 23.4 Å². The molecule has 0 bridgehead atoms. The van der Waals surface area contributed by atoms with Gasteiger partial charge in [-0.1, -0.05) is 0 Å². The van der Waals surface area contributed by atoms with Crippen LogP contribution in [0.3, 0.4) is 0 Å². The first kappa shape index (κ1) is 10.8. The lowest BCUT2D eigenvalue weighted by Crippen LogP contribution is -2.05. The molecule has 76 valence electrons. The molecule has 1 rings (SSSR count). The molecule has 0 saturated heterocycles. The van der Waals surface area contributed by atoms with E-state index in [0.717, 1.165) is 12.3 Å². The van der Waals surface area contributed by atoms with E-state index in [4.69, 9.17) is 5.11 Å². The summed E-state index contributed by atoms with van der Waals surface area (Å²) in [5.74, 6) is -1.54. The molecule has 0 amide bonds. The summed E-state index contributed by atoms with van der Waals surface area (Å²) in [7, 11) is 0. The second kappa shape index (κ2) is 4.32. The summed E-state index contributed by atoms with van der Waals surface area (Å²) in [5, 5.41) is 8.53. The molecule has 14 heavy (non-hydrogen) atoms. The fourth-order valence-corrected chi connectivity index (χ4v) is 1.16. The molecule has 4 nitrogen and oxygen atoms in total. The monoisotopic (exact) mass is 267 g/mol. The first-order valence-corrected chi connectivity index (χ1v) is 4.13. The highest BCUT2D eigenvalue weighted by molar-refractivity contribution is 9.10. The maximum atomic E-state index is 11.8. The maximum Gasteiger partial charge on any atom is 0.388 e. The Morgan fingerprint density at radius 2 is 2.29 bits per heavy atom. The van der Waals surface area contributed by atoms with E-state index in [1.165, 1.54) is 0 Å². The van der Waals surface area contributed by atoms with Gasteiger partial charge in [0, 0.05) is 6.20 Å². The van der Waals surface area contributed by atoms with Gasteiger partial charge in [0.25, 0.3) is 0 Å². The second-order valence-corrected chi connectivity index (χ2v) is 3.05. The molecule has 0 unspecified atom stereocenters. The molecule has 0 aliphatic heterocycles. The number of carboxylic acids is 1. The van der Waals surface area contributed by atoms with Crippen LogP contribution >= 0.6 is 15.9 Å². The average molecular weight is 268 g/mol. The van der Waals surface area contributed by atoms with E-state index >= 15 is 0 Å². The summed E-state index contributed by atoms with van der Waals surface area (Å²) in [6.45, 7) is -2.99. The predicted octanol–water partition coefficient (Wildman–Crippen LogP) is 2.14. The van der Waals surface area contributed by atoms with Crippen molar-refractivity contribution in [1.82, 2.24) is 4.98 Å². The molecule has 1 N–H and O–H groups in total. The van der Waals surface area contributed by atoms with Crippen LogP contribution in [0.5, 0.6) is 5.88 Å². The predicted molar refractivity (Wildman–Crippen MR) is 45.5 cm³/mol. The Morgan fingerprint density at radius 3 is 2.71 bits per heavy atom. The normalized spacial score (nSPS) is 10.3. The van der Waals surface area contributed by atoms with Crippen LogP contribution in [0.2, 0.25) is 0 Å². The number of carboxylic acid groups (broad SMARTS) is 1. The lowest BCUT2D eigenvalue weighted by Gasteiger charge is -2.05.